The lowest BCUT2D eigenvalue weighted by Gasteiger charge is -2.24. The van der Waals surface area contributed by atoms with E-state index in [-0.39, 0.29) is 19.0 Å². The number of cyclic esters (lactones) is 1. The highest BCUT2D eigenvalue weighted by Gasteiger charge is 2.22. The number of aromatic nitrogens is 1. The highest BCUT2D eigenvalue weighted by molar-refractivity contribution is 5.92. The molecule has 2 heterocycles. The first kappa shape index (κ1) is 17.3. The molecule has 1 aliphatic heterocycles. The molecule has 0 unspecified atom stereocenters. The molecule has 138 valence electrons. The Bertz CT molecular complexity index is 1070. The van der Waals surface area contributed by atoms with Gasteiger partial charge < -0.3 is 9.64 Å². The molecule has 1 aliphatic rings. The molecule has 3 aromatic rings. The molecule has 0 saturated heterocycles. The Morgan fingerprint density at radius 3 is 2.52 bits per heavy atom. The molecule has 0 spiro atoms. The number of alkyl halides is 2. The van der Waals surface area contributed by atoms with E-state index in [1.54, 1.807) is 12.1 Å². The summed E-state index contributed by atoms with van der Waals surface area (Å²) in [5, 5.41) is 1.69. The minimum absolute atomic E-state index is 0.0126. The Kier molecular flexibility index (Phi) is 4.43. The van der Waals surface area contributed by atoms with Gasteiger partial charge in [0.15, 0.2) is 0 Å². The molecule has 4 nitrogen and oxygen atoms in total. The van der Waals surface area contributed by atoms with Crippen LogP contribution in [0.5, 0.6) is 0 Å². The van der Waals surface area contributed by atoms with E-state index in [0.717, 1.165) is 16.3 Å². The number of benzene rings is 2. The van der Waals surface area contributed by atoms with Gasteiger partial charge in [0, 0.05) is 29.5 Å². The Labute approximate surface area is 152 Å². The summed E-state index contributed by atoms with van der Waals surface area (Å²) in [5.41, 5.74) is 2.36. The predicted molar refractivity (Wildman–Crippen MR) is 94.7 cm³/mol. The molecule has 2 aromatic carbocycles. The van der Waals surface area contributed by atoms with E-state index in [4.69, 9.17) is 4.74 Å². The summed E-state index contributed by atoms with van der Waals surface area (Å²) in [5.74, 6) is -0.899. The topological polar surface area (TPSA) is 42.4 Å². The number of ether oxygens (including phenoxy) is 1. The van der Waals surface area contributed by atoms with Crippen LogP contribution in [0.3, 0.4) is 0 Å². The van der Waals surface area contributed by atoms with E-state index in [9.17, 15) is 18.0 Å². The lowest BCUT2D eigenvalue weighted by atomic mass is 10.1. The summed E-state index contributed by atoms with van der Waals surface area (Å²) in [6.07, 6.45) is -1.31. The standard InChI is InChI=1S/C20H15F3N2O2/c21-15-4-3-14-6-13-2-1-12(5-17(13)24-18(14)7-15)9-25(10-19(22)23)16-8-20(26)27-11-16/h1-8,19H,9-11H2. The summed E-state index contributed by atoms with van der Waals surface area (Å²) >= 11 is 0. The third-order valence-corrected chi connectivity index (χ3v) is 4.42. The lowest BCUT2D eigenvalue weighted by molar-refractivity contribution is -0.135. The van der Waals surface area contributed by atoms with Gasteiger partial charge in [0.2, 0.25) is 0 Å². The minimum Gasteiger partial charge on any atom is -0.456 e. The van der Waals surface area contributed by atoms with Crippen LogP contribution in [0.15, 0.2) is 54.2 Å². The van der Waals surface area contributed by atoms with Crippen molar-refractivity contribution < 1.29 is 22.7 Å². The second kappa shape index (κ2) is 6.90. The maximum absolute atomic E-state index is 13.5. The van der Waals surface area contributed by atoms with E-state index in [0.29, 0.717) is 16.7 Å². The second-order valence-corrected chi connectivity index (χ2v) is 6.37. The van der Waals surface area contributed by atoms with Gasteiger partial charge in [0.1, 0.15) is 12.4 Å². The van der Waals surface area contributed by atoms with Crippen LogP contribution < -0.4 is 0 Å². The molecule has 0 N–H and O–H groups in total. The second-order valence-electron chi connectivity index (χ2n) is 6.37. The van der Waals surface area contributed by atoms with Crippen LogP contribution in [0.1, 0.15) is 5.56 Å². The number of esters is 1. The number of halogens is 3. The molecule has 1 aromatic heterocycles. The van der Waals surface area contributed by atoms with E-state index in [1.165, 1.54) is 23.1 Å². The van der Waals surface area contributed by atoms with Gasteiger partial charge in [-0.25, -0.2) is 22.9 Å². The van der Waals surface area contributed by atoms with Crippen LogP contribution in [-0.4, -0.2) is 35.4 Å². The van der Waals surface area contributed by atoms with Crippen molar-refractivity contribution in [2.24, 2.45) is 0 Å². The number of nitrogens with zero attached hydrogens (tertiary/aromatic N) is 2. The molecule has 0 radical (unpaired) electrons. The molecular formula is C20H15F3N2O2. The Balaban J connectivity index is 1.68. The number of rotatable bonds is 5. The van der Waals surface area contributed by atoms with Crippen molar-refractivity contribution in [2.45, 2.75) is 13.0 Å². The monoisotopic (exact) mass is 372 g/mol. The fourth-order valence-electron chi connectivity index (χ4n) is 3.16. The van der Waals surface area contributed by atoms with Crippen LogP contribution in [0.4, 0.5) is 13.2 Å². The van der Waals surface area contributed by atoms with Gasteiger partial charge >= 0.3 is 5.97 Å². The highest BCUT2D eigenvalue weighted by atomic mass is 19.3. The Morgan fingerprint density at radius 2 is 1.81 bits per heavy atom. The first-order valence-electron chi connectivity index (χ1n) is 8.37. The average molecular weight is 372 g/mol. The third kappa shape index (κ3) is 3.72. The summed E-state index contributed by atoms with van der Waals surface area (Å²) in [6.45, 7) is -0.330. The Hall–Kier alpha value is -3.09. The van der Waals surface area contributed by atoms with Crippen molar-refractivity contribution in [2.75, 3.05) is 13.2 Å². The zero-order valence-corrected chi connectivity index (χ0v) is 14.2. The molecule has 4 rings (SSSR count). The Morgan fingerprint density at radius 1 is 1.07 bits per heavy atom. The minimum atomic E-state index is -2.55. The van der Waals surface area contributed by atoms with E-state index in [1.807, 2.05) is 18.2 Å². The third-order valence-electron chi connectivity index (χ3n) is 4.42. The van der Waals surface area contributed by atoms with Crippen molar-refractivity contribution in [1.29, 1.82) is 0 Å². The largest absolute Gasteiger partial charge is 0.456 e. The van der Waals surface area contributed by atoms with Crippen LogP contribution in [0.2, 0.25) is 0 Å². The van der Waals surface area contributed by atoms with E-state index >= 15 is 0 Å². The highest BCUT2D eigenvalue weighted by Crippen LogP contribution is 2.23. The number of carbonyl (C=O) groups is 1. The zero-order chi connectivity index (χ0) is 19.0. The molecule has 0 aliphatic carbocycles. The first-order chi connectivity index (χ1) is 13.0. The lowest BCUT2D eigenvalue weighted by Crippen LogP contribution is -2.28. The SMILES string of the molecule is O=C1C=C(N(Cc2ccc3cc4ccc(F)cc4nc3c2)CC(F)F)CO1. The zero-order valence-electron chi connectivity index (χ0n) is 14.2. The van der Waals surface area contributed by atoms with E-state index in [2.05, 4.69) is 4.98 Å². The van der Waals surface area contributed by atoms with Crippen LogP contribution in [0, 0.1) is 5.82 Å². The van der Waals surface area contributed by atoms with Crippen molar-refractivity contribution in [3.05, 3.63) is 65.6 Å². The predicted octanol–water partition coefficient (Wildman–Crippen LogP) is 4.03. The molecular weight excluding hydrogens is 357 g/mol. The van der Waals surface area contributed by atoms with Crippen molar-refractivity contribution >= 4 is 27.8 Å². The van der Waals surface area contributed by atoms with Gasteiger partial charge in [-0.3, -0.25) is 0 Å². The van der Waals surface area contributed by atoms with E-state index < -0.39 is 18.9 Å². The number of fused-ring (bicyclic) bond motifs is 2. The molecule has 0 atom stereocenters. The van der Waals surface area contributed by atoms with Gasteiger partial charge in [-0.2, -0.15) is 0 Å². The van der Waals surface area contributed by atoms with Gasteiger partial charge in [-0.05, 0) is 29.8 Å². The van der Waals surface area contributed by atoms with Crippen molar-refractivity contribution in [3.63, 3.8) is 0 Å². The van der Waals surface area contributed by atoms with Crippen LogP contribution in [-0.2, 0) is 16.1 Å². The molecule has 27 heavy (non-hydrogen) atoms. The van der Waals surface area contributed by atoms with Gasteiger partial charge in [0.05, 0.1) is 23.3 Å². The first-order valence-corrected chi connectivity index (χ1v) is 8.37. The molecule has 0 fully saturated rings. The molecule has 0 amide bonds. The van der Waals surface area contributed by atoms with Gasteiger partial charge in [0.25, 0.3) is 6.43 Å². The normalized spacial score (nSPS) is 14.1. The van der Waals surface area contributed by atoms with Crippen molar-refractivity contribution in [3.8, 4) is 0 Å². The maximum atomic E-state index is 13.5. The average Bonchev–Trinajstić information content (AvgIpc) is 3.05. The summed E-state index contributed by atoms with van der Waals surface area (Å²) in [7, 11) is 0. The van der Waals surface area contributed by atoms with Gasteiger partial charge in [-0.1, -0.05) is 12.1 Å². The number of carbonyl (C=O) groups excluding carboxylic acids is 1. The number of pyridine rings is 1. The summed E-state index contributed by atoms with van der Waals surface area (Å²) in [6, 6.07) is 11.8. The van der Waals surface area contributed by atoms with Crippen molar-refractivity contribution in [1.82, 2.24) is 9.88 Å². The molecule has 0 bridgehead atoms. The smallest absolute Gasteiger partial charge is 0.333 e. The van der Waals surface area contributed by atoms with Crippen LogP contribution in [0.25, 0.3) is 21.8 Å². The molecule has 7 heteroatoms. The summed E-state index contributed by atoms with van der Waals surface area (Å²) < 4.78 is 44.2. The van der Waals surface area contributed by atoms with Crippen LogP contribution >= 0.6 is 0 Å². The van der Waals surface area contributed by atoms with Gasteiger partial charge in [-0.15, -0.1) is 0 Å². The molecule has 0 saturated carbocycles. The number of hydrogen-bond donors (Lipinski definition) is 0. The fraction of sp³-hybridized carbons (Fsp3) is 0.200. The number of hydrogen-bond acceptors (Lipinski definition) is 4. The fourth-order valence-corrected chi connectivity index (χ4v) is 3.16. The maximum Gasteiger partial charge on any atom is 0.333 e. The summed E-state index contributed by atoms with van der Waals surface area (Å²) in [4.78, 5) is 17.2. The quantitative estimate of drug-likeness (QED) is 0.501.